The second-order valence-electron chi connectivity index (χ2n) is 7.83. The lowest BCUT2D eigenvalue weighted by molar-refractivity contribution is 0.224. The minimum Gasteiger partial charge on any atom is -0.325 e. The Balaban J connectivity index is 1.71. The Labute approximate surface area is 127 Å². The summed E-state index contributed by atoms with van der Waals surface area (Å²) in [5, 5.41) is 0.955. The van der Waals surface area contributed by atoms with E-state index in [0.717, 1.165) is 24.3 Å². The summed E-state index contributed by atoms with van der Waals surface area (Å²) in [5.41, 5.74) is 9.44. The monoisotopic (exact) mass is 291 g/mol. The van der Waals surface area contributed by atoms with Gasteiger partial charge in [0.1, 0.15) is 0 Å². The summed E-state index contributed by atoms with van der Waals surface area (Å²) in [5.74, 6) is 0.650. The summed E-state index contributed by atoms with van der Waals surface area (Å²) in [4.78, 5) is 0. The number of hydrogen-bond donors (Lipinski definition) is 1. The van der Waals surface area contributed by atoms with Gasteiger partial charge in [-0.3, -0.25) is 0 Å². The second kappa shape index (κ2) is 5.03. The zero-order valence-electron chi connectivity index (χ0n) is 12.7. The highest BCUT2D eigenvalue weighted by Crippen LogP contribution is 2.44. The van der Waals surface area contributed by atoms with Gasteiger partial charge in [0.15, 0.2) is 0 Å². The van der Waals surface area contributed by atoms with E-state index in [-0.39, 0.29) is 5.54 Å². The van der Waals surface area contributed by atoms with Crippen molar-refractivity contribution in [3.05, 3.63) is 34.3 Å². The molecule has 110 valence electrons. The molecule has 2 fully saturated rings. The van der Waals surface area contributed by atoms with Gasteiger partial charge in [-0.2, -0.15) is 0 Å². The van der Waals surface area contributed by atoms with Crippen LogP contribution in [0, 0.1) is 5.41 Å². The van der Waals surface area contributed by atoms with Gasteiger partial charge in [0.05, 0.1) is 0 Å². The first-order valence-electron chi connectivity index (χ1n) is 7.94. The lowest BCUT2D eigenvalue weighted by Gasteiger charge is -2.34. The van der Waals surface area contributed by atoms with Crippen LogP contribution in [-0.4, -0.2) is 5.54 Å². The Bertz CT molecular complexity index is 492. The van der Waals surface area contributed by atoms with Gasteiger partial charge >= 0.3 is 0 Å². The van der Waals surface area contributed by atoms with Crippen molar-refractivity contribution in [2.75, 3.05) is 0 Å². The summed E-state index contributed by atoms with van der Waals surface area (Å²) >= 11 is 6.54. The van der Waals surface area contributed by atoms with Crippen molar-refractivity contribution in [2.24, 2.45) is 11.1 Å². The first-order chi connectivity index (χ1) is 9.37. The fourth-order valence-corrected chi connectivity index (χ4v) is 3.82. The van der Waals surface area contributed by atoms with Crippen molar-refractivity contribution in [1.29, 1.82) is 0 Å². The van der Waals surface area contributed by atoms with Crippen LogP contribution in [0.2, 0.25) is 5.02 Å². The lowest BCUT2D eigenvalue weighted by atomic mass is 9.71. The largest absolute Gasteiger partial charge is 0.325 e. The Morgan fingerprint density at radius 2 is 1.80 bits per heavy atom. The van der Waals surface area contributed by atoms with E-state index in [1.54, 1.807) is 0 Å². The van der Waals surface area contributed by atoms with Crippen LogP contribution in [0.4, 0.5) is 0 Å². The van der Waals surface area contributed by atoms with E-state index in [1.165, 1.54) is 36.8 Å². The molecule has 0 aromatic heterocycles. The highest BCUT2D eigenvalue weighted by atomic mass is 35.5. The van der Waals surface area contributed by atoms with Crippen molar-refractivity contribution < 1.29 is 0 Å². The Morgan fingerprint density at radius 1 is 1.15 bits per heavy atom. The van der Waals surface area contributed by atoms with Gasteiger partial charge in [0, 0.05) is 10.6 Å². The average molecular weight is 292 g/mol. The molecule has 0 unspecified atom stereocenters. The average Bonchev–Trinajstić information content (AvgIpc) is 3.08. The van der Waals surface area contributed by atoms with E-state index < -0.39 is 0 Å². The normalized spacial score (nSPS) is 24.6. The van der Waals surface area contributed by atoms with Crippen LogP contribution >= 0.6 is 11.6 Å². The maximum Gasteiger partial charge on any atom is 0.0443 e. The number of rotatable bonds is 3. The lowest BCUT2D eigenvalue weighted by Crippen LogP contribution is -2.24. The van der Waals surface area contributed by atoms with Crippen LogP contribution < -0.4 is 5.73 Å². The first kappa shape index (κ1) is 14.4. The molecule has 20 heavy (non-hydrogen) atoms. The smallest absolute Gasteiger partial charge is 0.0443 e. The van der Waals surface area contributed by atoms with E-state index >= 15 is 0 Å². The van der Waals surface area contributed by atoms with Crippen molar-refractivity contribution in [3.63, 3.8) is 0 Å². The molecule has 0 amide bonds. The summed E-state index contributed by atoms with van der Waals surface area (Å²) in [6, 6.07) is 6.66. The molecular formula is C18H26ClN. The number of hydrogen-bond acceptors (Lipinski definition) is 1. The standard InChI is InChI=1S/C18H26ClN/c1-17(2)7-5-14(6-8-17)15-4-3-13(11-16(15)19)12-18(20)9-10-18/h3-4,11,14H,5-10,12,20H2,1-2H3. The van der Waals surface area contributed by atoms with Crippen molar-refractivity contribution >= 4 is 11.6 Å². The Morgan fingerprint density at radius 3 is 2.35 bits per heavy atom. The molecule has 1 aromatic rings. The number of halogens is 1. The summed E-state index contributed by atoms with van der Waals surface area (Å²) in [6.45, 7) is 4.76. The highest BCUT2D eigenvalue weighted by molar-refractivity contribution is 6.31. The van der Waals surface area contributed by atoms with Crippen LogP contribution in [0.3, 0.4) is 0 Å². The topological polar surface area (TPSA) is 26.0 Å². The van der Waals surface area contributed by atoms with Crippen molar-refractivity contribution in [1.82, 2.24) is 0 Å². The Hall–Kier alpha value is -0.530. The van der Waals surface area contributed by atoms with E-state index in [2.05, 4.69) is 32.0 Å². The molecule has 0 spiro atoms. The van der Waals surface area contributed by atoms with Gasteiger partial charge in [-0.25, -0.2) is 0 Å². The fourth-order valence-electron chi connectivity index (χ4n) is 3.47. The van der Waals surface area contributed by atoms with Crippen LogP contribution in [0.15, 0.2) is 18.2 Å². The quantitative estimate of drug-likeness (QED) is 0.828. The molecular weight excluding hydrogens is 266 g/mol. The zero-order chi connectivity index (χ0) is 14.4. The van der Waals surface area contributed by atoms with E-state index in [9.17, 15) is 0 Å². The van der Waals surface area contributed by atoms with Gasteiger partial charge in [0.25, 0.3) is 0 Å². The van der Waals surface area contributed by atoms with Crippen LogP contribution in [-0.2, 0) is 6.42 Å². The maximum atomic E-state index is 6.54. The van der Waals surface area contributed by atoms with E-state index in [0.29, 0.717) is 11.3 Å². The molecule has 1 nitrogen and oxygen atoms in total. The van der Waals surface area contributed by atoms with Gasteiger partial charge in [-0.05, 0) is 73.5 Å². The highest BCUT2D eigenvalue weighted by Gasteiger charge is 2.38. The molecule has 0 saturated heterocycles. The number of nitrogens with two attached hydrogens (primary N) is 1. The third-order valence-corrected chi connectivity index (χ3v) is 5.62. The van der Waals surface area contributed by atoms with Crippen LogP contribution in [0.5, 0.6) is 0 Å². The minimum atomic E-state index is 0.0692. The minimum absolute atomic E-state index is 0.0692. The van der Waals surface area contributed by atoms with Crippen molar-refractivity contribution in [3.8, 4) is 0 Å². The van der Waals surface area contributed by atoms with Crippen molar-refractivity contribution in [2.45, 2.75) is 70.3 Å². The Kier molecular flexibility index (Phi) is 3.63. The summed E-state index contributed by atoms with van der Waals surface area (Å²) in [6.07, 6.45) is 8.45. The molecule has 1 aromatic carbocycles. The van der Waals surface area contributed by atoms with Gasteiger partial charge in [-0.1, -0.05) is 37.6 Å². The van der Waals surface area contributed by atoms with E-state index in [4.69, 9.17) is 17.3 Å². The second-order valence-corrected chi connectivity index (χ2v) is 8.24. The summed E-state index contributed by atoms with van der Waals surface area (Å²) in [7, 11) is 0. The van der Waals surface area contributed by atoms with Gasteiger partial charge in [-0.15, -0.1) is 0 Å². The molecule has 2 aliphatic rings. The molecule has 2 aliphatic carbocycles. The van der Waals surface area contributed by atoms with Crippen LogP contribution in [0.25, 0.3) is 0 Å². The van der Waals surface area contributed by atoms with Crippen LogP contribution in [0.1, 0.15) is 69.4 Å². The molecule has 0 aliphatic heterocycles. The third-order valence-electron chi connectivity index (χ3n) is 5.29. The molecule has 0 radical (unpaired) electrons. The number of benzene rings is 1. The summed E-state index contributed by atoms with van der Waals surface area (Å²) < 4.78 is 0. The molecule has 2 N–H and O–H groups in total. The van der Waals surface area contributed by atoms with Gasteiger partial charge < -0.3 is 5.73 Å². The molecule has 2 heteroatoms. The van der Waals surface area contributed by atoms with E-state index in [1.807, 2.05) is 0 Å². The third kappa shape index (κ3) is 3.20. The molecule has 3 rings (SSSR count). The molecule has 0 atom stereocenters. The molecule has 0 heterocycles. The molecule has 0 bridgehead atoms. The predicted molar refractivity (Wildman–Crippen MR) is 86.3 cm³/mol. The van der Waals surface area contributed by atoms with Gasteiger partial charge in [0.2, 0.25) is 0 Å². The molecule has 2 saturated carbocycles. The first-order valence-corrected chi connectivity index (χ1v) is 8.32. The fraction of sp³-hybridized carbons (Fsp3) is 0.667. The maximum absolute atomic E-state index is 6.54. The SMILES string of the molecule is CC1(C)CCC(c2ccc(CC3(N)CC3)cc2Cl)CC1. The zero-order valence-corrected chi connectivity index (χ0v) is 13.5. The predicted octanol–water partition coefficient (Wildman–Crippen LogP) is 5.06.